The lowest BCUT2D eigenvalue weighted by Gasteiger charge is -2.29. The predicted octanol–water partition coefficient (Wildman–Crippen LogP) is 3.25. The van der Waals surface area contributed by atoms with Crippen molar-refractivity contribution in [3.8, 4) is 0 Å². The van der Waals surface area contributed by atoms with Crippen LogP contribution in [0.1, 0.15) is 58.8 Å². The average Bonchev–Trinajstić information content (AvgIpc) is 3.17. The molecule has 0 aromatic carbocycles. The van der Waals surface area contributed by atoms with Gasteiger partial charge in [0.25, 0.3) is 0 Å². The van der Waals surface area contributed by atoms with E-state index in [-0.39, 0.29) is 24.7 Å². The minimum absolute atomic E-state index is 0.144. The Morgan fingerprint density at radius 1 is 1.15 bits per heavy atom. The summed E-state index contributed by atoms with van der Waals surface area (Å²) in [5.41, 5.74) is -0.621. The van der Waals surface area contributed by atoms with Crippen LogP contribution in [0.15, 0.2) is 23.8 Å². The van der Waals surface area contributed by atoms with Crippen LogP contribution < -0.4 is 0 Å². The molecule has 2 aliphatic carbocycles. The Balaban J connectivity index is 2.23. The first-order valence-corrected chi connectivity index (χ1v) is 9.43. The van der Waals surface area contributed by atoms with Crippen molar-refractivity contribution in [2.24, 2.45) is 5.92 Å². The fourth-order valence-corrected chi connectivity index (χ4v) is 3.85. The summed E-state index contributed by atoms with van der Waals surface area (Å²) in [6.45, 7) is 7.74. The second kappa shape index (κ2) is 9.01. The first kappa shape index (κ1) is 20.2. The summed E-state index contributed by atoms with van der Waals surface area (Å²) < 4.78 is 16.1. The van der Waals surface area contributed by atoms with Gasteiger partial charge < -0.3 is 14.2 Å². The molecule has 2 atom stereocenters. The number of hydrogen-bond donors (Lipinski definition) is 0. The Labute approximate surface area is 154 Å². The molecule has 0 N–H and O–H groups in total. The van der Waals surface area contributed by atoms with Gasteiger partial charge in [0.15, 0.2) is 0 Å². The number of ether oxygens (including phenoxy) is 3. The molecule has 26 heavy (non-hydrogen) atoms. The van der Waals surface area contributed by atoms with Gasteiger partial charge in [-0.05, 0) is 38.5 Å². The summed E-state index contributed by atoms with van der Waals surface area (Å²) in [5, 5.41) is 0. The molecule has 2 rings (SSSR count). The van der Waals surface area contributed by atoms with Crippen molar-refractivity contribution >= 4 is 17.9 Å². The molecule has 144 valence electrons. The van der Waals surface area contributed by atoms with Gasteiger partial charge in [-0.25, -0.2) is 14.4 Å². The molecule has 0 saturated heterocycles. The van der Waals surface area contributed by atoms with Crippen LogP contribution in [0, 0.1) is 5.92 Å². The maximum Gasteiger partial charge on any atom is 0.338 e. The Bertz CT molecular complexity index is 605. The second-order valence-electron chi connectivity index (χ2n) is 6.76. The lowest BCUT2D eigenvalue weighted by molar-refractivity contribution is -0.153. The zero-order chi connectivity index (χ0) is 19.2. The third-order valence-electron chi connectivity index (χ3n) is 5.00. The molecule has 6 heteroatoms. The van der Waals surface area contributed by atoms with Crippen molar-refractivity contribution in [3.63, 3.8) is 0 Å². The quantitative estimate of drug-likeness (QED) is 0.256. The van der Waals surface area contributed by atoms with Gasteiger partial charge in [0.2, 0.25) is 0 Å². The number of esters is 3. The number of fused-ring (bicyclic) bond motifs is 2. The van der Waals surface area contributed by atoms with Gasteiger partial charge in [-0.15, -0.1) is 0 Å². The molecule has 6 nitrogen and oxygen atoms in total. The van der Waals surface area contributed by atoms with E-state index in [1.165, 1.54) is 0 Å². The van der Waals surface area contributed by atoms with Gasteiger partial charge in [0.05, 0.1) is 24.4 Å². The molecule has 0 aromatic rings. The summed E-state index contributed by atoms with van der Waals surface area (Å²) >= 11 is 0. The number of carbonyl (C=O) groups excluding carboxylic acids is 3. The third-order valence-corrected chi connectivity index (χ3v) is 5.00. The second-order valence-corrected chi connectivity index (χ2v) is 6.76. The molecule has 0 spiro atoms. The van der Waals surface area contributed by atoms with Crippen LogP contribution in [0.2, 0.25) is 0 Å². The standard InChI is InChI=1S/C20H28O6/c1-4-7-8-9-12-25-19(23)17-16(18(22)24-6-3)14-10-11-20(17,13-14)26-15(21)5-2/h5,14H,2,4,6-13H2,1,3H3. The fraction of sp³-hybridized carbons (Fsp3) is 0.650. The van der Waals surface area contributed by atoms with Crippen molar-refractivity contribution in [1.29, 1.82) is 0 Å². The van der Waals surface area contributed by atoms with Crippen molar-refractivity contribution in [1.82, 2.24) is 0 Å². The van der Waals surface area contributed by atoms with Crippen LogP contribution in [0.25, 0.3) is 0 Å². The number of hydrogen-bond acceptors (Lipinski definition) is 6. The Morgan fingerprint density at radius 3 is 2.58 bits per heavy atom. The zero-order valence-corrected chi connectivity index (χ0v) is 15.7. The number of carbonyl (C=O) groups is 3. The van der Waals surface area contributed by atoms with Gasteiger partial charge >= 0.3 is 17.9 Å². The molecule has 0 amide bonds. The summed E-state index contributed by atoms with van der Waals surface area (Å²) in [4.78, 5) is 37.0. The van der Waals surface area contributed by atoms with Crippen LogP contribution in [-0.2, 0) is 28.6 Å². The summed E-state index contributed by atoms with van der Waals surface area (Å²) in [7, 11) is 0. The minimum atomic E-state index is -1.10. The molecule has 2 aliphatic rings. The molecule has 1 fully saturated rings. The van der Waals surface area contributed by atoms with E-state index in [0.717, 1.165) is 31.8 Å². The van der Waals surface area contributed by atoms with Crippen molar-refractivity contribution in [3.05, 3.63) is 23.8 Å². The van der Waals surface area contributed by atoms with E-state index in [1.54, 1.807) is 6.92 Å². The van der Waals surface area contributed by atoms with E-state index in [1.807, 2.05) is 0 Å². The van der Waals surface area contributed by atoms with Crippen molar-refractivity contribution < 1.29 is 28.6 Å². The fourth-order valence-electron chi connectivity index (χ4n) is 3.85. The molecule has 0 heterocycles. The van der Waals surface area contributed by atoms with Gasteiger partial charge in [0.1, 0.15) is 5.60 Å². The molecule has 0 aliphatic heterocycles. The predicted molar refractivity (Wildman–Crippen MR) is 95.1 cm³/mol. The van der Waals surface area contributed by atoms with Crippen LogP contribution in [0.4, 0.5) is 0 Å². The maximum atomic E-state index is 12.8. The van der Waals surface area contributed by atoms with E-state index in [2.05, 4.69) is 13.5 Å². The monoisotopic (exact) mass is 364 g/mol. The Morgan fingerprint density at radius 2 is 1.92 bits per heavy atom. The third kappa shape index (κ3) is 4.17. The largest absolute Gasteiger partial charge is 0.463 e. The van der Waals surface area contributed by atoms with Gasteiger partial charge in [-0.2, -0.15) is 0 Å². The van der Waals surface area contributed by atoms with Gasteiger partial charge in [0, 0.05) is 6.08 Å². The smallest absolute Gasteiger partial charge is 0.338 e. The highest BCUT2D eigenvalue weighted by Crippen LogP contribution is 2.54. The van der Waals surface area contributed by atoms with E-state index in [4.69, 9.17) is 14.2 Å². The number of rotatable bonds is 10. The van der Waals surface area contributed by atoms with Crippen LogP contribution in [0.3, 0.4) is 0 Å². The van der Waals surface area contributed by atoms with Crippen LogP contribution >= 0.6 is 0 Å². The van der Waals surface area contributed by atoms with E-state index < -0.39 is 23.5 Å². The SMILES string of the molecule is C=CC(=O)OC12CCC(C1)C(C(=O)OCC)=C2C(=O)OCCCCCC. The highest BCUT2D eigenvalue weighted by molar-refractivity contribution is 6.04. The summed E-state index contributed by atoms with van der Waals surface area (Å²) in [6.07, 6.45) is 6.58. The summed E-state index contributed by atoms with van der Waals surface area (Å²) in [6, 6.07) is 0. The van der Waals surface area contributed by atoms with Gasteiger partial charge in [-0.1, -0.05) is 32.8 Å². The van der Waals surface area contributed by atoms with E-state index in [0.29, 0.717) is 24.8 Å². The molecule has 0 radical (unpaired) electrons. The Hall–Kier alpha value is -2.11. The Kier molecular flexibility index (Phi) is 7.00. The lowest BCUT2D eigenvalue weighted by atomic mass is 9.88. The van der Waals surface area contributed by atoms with E-state index >= 15 is 0 Å². The normalized spacial score (nSPS) is 23.7. The highest BCUT2D eigenvalue weighted by Gasteiger charge is 2.58. The molecule has 2 bridgehead atoms. The molecule has 0 aromatic heterocycles. The van der Waals surface area contributed by atoms with Crippen molar-refractivity contribution in [2.75, 3.05) is 13.2 Å². The maximum absolute atomic E-state index is 12.8. The van der Waals surface area contributed by atoms with Gasteiger partial charge in [-0.3, -0.25) is 0 Å². The number of unbranched alkanes of at least 4 members (excludes halogenated alkanes) is 3. The average molecular weight is 364 g/mol. The first-order valence-electron chi connectivity index (χ1n) is 9.43. The van der Waals surface area contributed by atoms with E-state index in [9.17, 15) is 14.4 Å². The zero-order valence-electron chi connectivity index (χ0n) is 15.7. The molecule has 2 unspecified atom stereocenters. The molecular weight excluding hydrogens is 336 g/mol. The van der Waals surface area contributed by atoms with Crippen LogP contribution in [-0.4, -0.2) is 36.7 Å². The topological polar surface area (TPSA) is 78.9 Å². The van der Waals surface area contributed by atoms with Crippen LogP contribution in [0.5, 0.6) is 0 Å². The summed E-state index contributed by atoms with van der Waals surface area (Å²) in [5.74, 6) is -1.85. The molecular formula is C20H28O6. The minimum Gasteiger partial charge on any atom is -0.463 e. The lowest BCUT2D eigenvalue weighted by Crippen LogP contribution is -2.37. The highest BCUT2D eigenvalue weighted by atomic mass is 16.6. The first-order chi connectivity index (χ1) is 12.5. The molecule has 1 saturated carbocycles. The van der Waals surface area contributed by atoms with Crippen molar-refractivity contribution in [2.45, 2.75) is 64.4 Å².